The van der Waals surface area contributed by atoms with E-state index in [1.165, 1.54) is 38.2 Å². The van der Waals surface area contributed by atoms with Gasteiger partial charge in [0.2, 0.25) is 5.91 Å². The fourth-order valence-electron chi connectivity index (χ4n) is 18.8. The number of aromatic nitrogens is 10. The lowest BCUT2D eigenvalue weighted by Gasteiger charge is -2.40. The smallest absolute Gasteiger partial charge is 0.435 e. The number of imide groups is 1. The van der Waals surface area contributed by atoms with Gasteiger partial charge in [0.15, 0.2) is 5.78 Å². The number of ketones is 2. The van der Waals surface area contributed by atoms with Crippen LogP contribution in [0.3, 0.4) is 0 Å². The summed E-state index contributed by atoms with van der Waals surface area (Å²) in [6.45, 7) is 0.749. The summed E-state index contributed by atoms with van der Waals surface area (Å²) in [5, 5.41) is 56.5. The first-order valence-corrected chi connectivity index (χ1v) is 52.9. The Morgan fingerprint density at radius 3 is 1.20 bits per heavy atom. The van der Waals surface area contributed by atoms with Gasteiger partial charge in [0, 0.05) is 97.5 Å². The molecule has 0 bridgehead atoms. The number of Topliss-reactive ketones (excluding diaryl/α,β-unsaturated/α-hetero) is 2. The number of aromatic amines is 2. The quantitative estimate of drug-likeness (QED) is 0.00732. The van der Waals surface area contributed by atoms with Gasteiger partial charge in [0.25, 0.3) is 12.0 Å². The van der Waals surface area contributed by atoms with Crippen LogP contribution in [0.2, 0.25) is 0 Å². The third-order valence-electron chi connectivity index (χ3n) is 26.1. The van der Waals surface area contributed by atoms with Crippen molar-refractivity contribution in [3.05, 3.63) is 266 Å². The van der Waals surface area contributed by atoms with Crippen molar-refractivity contribution in [1.29, 1.82) is 10.5 Å². The fourth-order valence-corrected chi connectivity index (χ4v) is 19.0. The molecule has 39 heteroatoms. The number of alkyl halides is 1. The highest BCUT2D eigenvalue weighted by molar-refractivity contribution is 14.1. The molecule has 5 aliphatic carbocycles. The number of nitrogens with two attached hydrogens (primary N) is 1. The zero-order valence-electron chi connectivity index (χ0n) is 80.7. The number of anilines is 5. The van der Waals surface area contributed by atoms with Crippen LogP contribution < -0.4 is 26.2 Å². The van der Waals surface area contributed by atoms with Gasteiger partial charge in [0.05, 0.1) is 77.1 Å². The van der Waals surface area contributed by atoms with Gasteiger partial charge in [-0.05, 0) is 182 Å². The lowest BCUT2D eigenvalue weighted by molar-refractivity contribution is -0.131. The van der Waals surface area contributed by atoms with Crippen LogP contribution in [0.1, 0.15) is 204 Å². The Labute approximate surface area is 881 Å². The first-order chi connectivity index (χ1) is 70.7. The molecular weight excluding hydrogens is 2060 g/mol. The normalized spacial score (nSPS) is 15.9. The van der Waals surface area contributed by atoms with Gasteiger partial charge in [-0.3, -0.25) is 44.1 Å². The number of carbonyl (C=O) groups excluding carboxylic acids is 10. The van der Waals surface area contributed by atoms with E-state index in [1.807, 2.05) is 193 Å². The average molecular weight is 2180 g/mol. The summed E-state index contributed by atoms with van der Waals surface area (Å²) in [6.07, 6.45) is 31.7. The molecule has 2 spiro atoms. The number of hydrogen-bond donors (Lipinski definition) is 5. The van der Waals surface area contributed by atoms with Crippen molar-refractivity contribution < 1.29 is 75.3 Å². The molecule has 2 saturated heterocycles. The molecular formula is C109H120Cl2IN19O16S. The van der Waals surface area contributed by atoms with Crippen molar-refractivity contribution in [3.63, 3.8) is 0 Å². The van der Waals surface area contributed by atoms with E-state index >= 15 is 0 Å². The lowest BCUT2D eigenvalue weighted by Crippen LogP contribution is -2.51. The molecule has 4 amide bonds. The molecule has 0 unspecified atom stereocenters. The number of nitrogens with zero attached hydrogens (tertiary/aromatic N) is 14. The molecule has 6 N–H and O–H groups in total. The highest BCUT2D eigenvalue weighted by atomic mass is 127. The number of nitrogen functional groups attached to an aromatic ring is 1. The second kappa shape index (κ2) is 54.4. The van der Waals surface area contributed by atoms with Gasteiger partial charge in [-0.2, -0.15) is 58.5 Å². The molecule has 7 aliphatic rings. The van der Waals surface area contributed by atoms with Gasteiger partial charge in [-0.1, -0.05) is 247 Å². The Morgan fingerprint density at radius 2 is 0.818 bits per heavy atom. The molecule has 148 heavy (non-hydrogen) atoms. The molecule has 5 aromatic heterocycles. The maximum Gasteiger partial charge on any atom is 0.435 e. The number of urea groups is 1. The number of likely N-dealkylation sites (N-methyl/N-ethyl adjacent to an activating group) is 1. The Kier molecular flexibility index (Phi) is 41.7. The highest BCUT2D eigenvalue weighted by Gasteiger charge is 2.57. The summed E-state index contributed by atoms with van der Waals surface area (Å²) in [5.74, 6) is 0.201. The first kappa shape index (κ1) is 113. The molecule has 774 valence electrons. The molecule has 7 heterocycles. The van der Waals surface area contributed by atoms with E-state index in [1.54, 1.807) is 72.1 Å². The molecule has 0 atom stereocenters. The van der Waals surface area contributed by atoms with Crippen LogP contribution in [0.15, 0.2) is 248 Å². The topological polar surface area (TPSA) is 472 Å². The molecule has 2 aliphatic heterocycles. The van der Waals surface area contributed by atoms with E-state index in [9.17, 15) is 62.1 Å². The zero-order valence-corrected chi connectivity index (χ0v) is 85.2. The monoisotopic (exact) mass is 2180 g/mol. The number of amides is 4. The molecule has 0 radical (unpaired) electrons. The molecule has 5 saturated carbocycles. The number of nitrogens with one attached hydrogen (secondary N) is 4. The van der Waals surface area contributed by atoms with E-state index in [0.29, 0.717) is 70.2 Å². The largest absolute Gasteiger partial charge is 0.449 e. The number of H-pyrrole nitrogens is 2. The number of ether oxygens (including phenoxy) is 4. The lowest BCUT2D eigenvalue weighted by atomic mass is 9.78. The summed E-state index contributed by atoms with van der Waals surface area (Å²) in [5.41, 5.74) is 13.9. The Balaban J connectivity index is 0.000000169. The van der Waals surface area contributed by atoms with E-state index in [-0.39, 0.29) is 76.9 Å². The SMILES string of the molecule is C.C.CI.CN1C(=O)N(c2ccc3c(cnn3C(=O)OCc3ccccc3)c2)C2(CCCCC2)C1=O.N#CC1(Nc2ccc3[nH]ncc3c2)CCCCC1.N#CC1(Nc2ccc3c(cnn3C(=O)OCc3ccccc3)c2)CCCCC1.Nc1ccc2[nH]ncc2c1.O=C(Cl)OCc1ccccc1.O=C1CC(=O)C2(CCCCC2)N1c1ccc2c(cnn2C(=O)OCc2ccccc2)c1.O=C1CCCCC1.O=C=NS(=O)(=O)Cl. The predicted octanol–water partition coefficient (Wildman–Crippen LogP) is 24.0. The van der Waals surface area contributed by atoms with Crippen molar-refractivity contribution in [2.45, 2.75) is 230 Å². The fraction of sp³-hybridized carbons (Fsp3) is 0.349. The van der Waals surface area contributed by atoms with Crippen molar-refractivity contribution >= 4 is 196 Å². The van der Waals surface area contributed by atoms with Crippen LogP contribution in [0.5, 0.6) is 0 Å². The van der Waals surface area contributed by atoms with Crippen molar-refractivity contribution in [2.75, 3.05) is 38.1 Å². The molecule has 21 rings (SSSR count). The molecule has 7 fully saturated rings. The van der Waals surface area contributed by atoms with Crippen LogP contribution in [0.25, 0.3) is 54.5 Å². The van der Waals surface area contributed by atoms with Crippen LogP contribution in [-0.2, 0) is 78.6 Å². The number of nitriles is 2. The van der Waals surface area contributed by atoms with E-state index in [0.717, 1.165) is 188 Å². The number of halogens is 3. The van der Waals surface area contributed by atoms with Gasteiger partial charge in [0.1, 0.15) is 54.4 Å². The van der Waals surface area contributed by atoms with Gasteiger partial charge < -0.3 is 35.3 Å². The summed E-state index contributed by atoms with van der Waals surface area (Å²) < 4.78 is 45.7. The second-order valence-electron chi connectivity index (χ2n) is 35.9. The minimum absolute atomic E-state index is 0. The third kappa shape index (κ3) is 29.7. The minimum atomic E-state index is -4.00. The van der Waals surface area contributed by atoms with Crippen molar-refractivity contribution in [2.24, 2.45) is 4.40 Å². The van der Waals surface area contributed by atoms with Gasteiger partial charge in [-0.15, -0.1) is 0 Å². The number of isocyanates is 1. The predicted molar refractivity (Wildman–Crippen MR) is 578 cm³/mol. The molecule has 35 nitrogen and oxygen atoms in total. The number of benzene rings is 9. The van der Waals surface area contributed by atoms with Crippen LogP contribution in [0.4, 0.5) is 52.4 Å². The zero-order chi connectivity index (χ0) is 104. The average Bonchev–Trinajstić information content (AvgIpc) is 1.58. The maximum atomic E-state index is 13.0. The van der Waals surface area contributed by atoms with Crippen molar-refractivity contribution in [1.82, 2.24) is 54.6 Å². The second-order valence-corrected chi connectivity index (χ2v) is 38.4. The minimum Gasteiger partial charge on any atom is -0.449 e. The summed E-state index contributed by atoms with van der Waals surface area (Å²) in [7, 11) is 1.92. The maximum absolute atomic E-state index is 13.0. The van der Waals surface area contributed by atoms with E-state index in [2.05, 4.69) is 101 Å². The summed E-state index contributed by atoms with van der Waals surface area (Å²) >= 11 is 7.12. The summed E-state index contributed by atoms with van der Waals surface area (Å²) in [4.78, 5) is 125. The Morgan fingerprint density at radius 1 is 0.459 bits per heavy atom. The Hall–Kier alpha value is -15.0. The number of rotatable bonds is 15. The number of carbonyl (C=O) groups is 9. The number of hydrogen-bond acceptors (Lipinski definition) is 26. The van der Waals surface area contributed by atoms with Crippen molar-refractivity contribution in [3.8, 4) is 12.1 Å². The first-order valence-electron chi connectivity index (χ1n) is 48.1. The van der Waals surface area contributed by atoms with E-state index in [4.69, 9.17) is 36.3 Å². The molecule has 9 aromatic carbocycles. The van der Waals surface area contributed by atoms with Crippen LogP contribution in [0, 0.1) is 22.7 Å². The Bertz CT molecular complexity index is 7140. The van der Waals surface area contributed by atoms with E-state index < -0.39 is 49.6 Å². The molecule has 14 aromatic rings. The van der Waals surface area contributed by atoms with Gasteiger partial charge in [-0.25, -0.2) is 28.8 Å². The van der Waals surface area contributed by atoms with Crippen LogP contribution in [-0.4, -0.2) is 156 Å². The standard InChI is InChI=1S/C24H24N4O4.C24H23N3O4.C22H22N4O2.C14H16N4.C8H7ClO2.C7H7N3.C6H10O.CClNO3S.CH3I.2CH4/c1-26-21(29)24(12-6-3-7-13-24)27(22(26)30)19-10-11-20-18(14-19)15-25-28(20)23(31)32-16-17-8-4-2-5-9-17;28-21-14-22(29)26(24(21)11-5-2-6-12-24)19-9-10-20-18(13-19)15-25-27(20)23(30)31-16-17-7-3-1-4-8-17;23-16-22(11-5-2-6-12-22)25-19-9-10-20-18(13-19)14-24-26(20)21(27)28-15-17-7-3-1-4-8-17;15-10-14(6-2-1-3-7-14)17-12-4-5-13-11(8-12)9-16-18-13;9-8(10)11-6-7-4-2-1-3-5-7;8-6-1-2-7-5(3-6)4-9-10-7;7-6-4-2-1-3-5-6;2-7(5,6)3-1-4;1-2;;/h2,4-5,8-11,14-15H,3,6-7,12-13,16H2,1H3;1,3-4,7-10,13,15H,2,5-6,11-12,14,16H2;1,3-4,7-10,13-14,25H,2,5-6,11-12,15H2;4-5,8-9,17H,1-3,6-7H2,(H,16,18);1-5H,6H2;1-4H,8H2,(H,9,10);1-5H2;;1H3;2*1H4. The highest BCUT2D eigenvalue weighted by Crippen LogP contribution is 2.46. The van der Waals surface area contributed by atoms with Gasteiger partial charge >= 0.3 is 39.0 Å². The van der Waals surface area contributed by atoms with Crippen LogP contribution >= 0.6 is 44.9 Å². The number of fused-ring (bicyclic) bond motifs is 5. The summed E-state index contributed by atoms with van der Waals surface area (Å²) in [6, 6.07) is 70.5. The third-order valence-corrected chi connectivity index (χ3v) is 26.7.